The zero-order chi connectivity index (χ0) is 21.5. The van der Waals surface area contributed by atoms with Crippen molar-refractivity contribution in [2.24, 2.45) is 15.7 Å². The molecular weight excluding hydrogens is 384 g/mol. The third kappa shape index (κ3) is 5.81. The third-order valence-electron chi connectivity index (χ3n) is 4.19. The summed E-state index contributed by atoms with van der Waals surface area (Å²) in [5.74, 6) is 0.126. The Labute approximate surface area is 174 Å². The van der Waals surface area contributed by atoms with Crippen LogP contribution in [0.5, 0.6) is 5.75 Å². The van der Waals surface area contributed by atoms with Gasteiger partial charge in [-0.15, -0.1) is 0 Å². The minimum atomic E-state index is -0.862. The summed E-state index contributed by atoms with van der Waals surface area (Å²) in [6.07, 6.45) is -0.108. The number of amides is 2. The lowest BCUT2D eigenvalue weighted by Gasteiger charge is -2.08. The largest absolute Gasteiger partial charge is 0.494 e. The molecule has 2 aromatic carbocycles. The average molecular weight is 408 g/mol. The Morgan fingerprint density at radius 3 is 2.43 bits per heavy atom. The minimum Gasteiger partial charge on any atom is -0.494 e. The van der Waals surface area contributed by atoms with E-state index in [2.05, 4.69) is 25.9 Å². The van der Waals surface area contributed by atoms with Gasteiger partial charge in [0.2, 0.25) is 17.8 Å². The van der Waals surface area contributed by atoms with Gasteiger partial charge in [-0.1, -0.05) is 17.7 Å². The molecule has 0 radical (unpaired) electrons. The monoisotopic (exact) mass is 408 g/mol. The van der Waals surface area contributed by atoms with Crippen LogP contribution in [0.15, 0.2) is 58.5 Å². The van der Waals surface area contributed by atoms with E-state index in [9.17, 15) is 9.59 Å². The molecule has 2 aromatic rings. The second-order valence-electron chi connectivity index (χ2n) is 6.66. The summed E-state index contributed by atoms with van der Waals surface area (Å²) in [5, 5.41) is 8.18. The van der Waals surface area contributed by atoms with E-state index in [4.69, 9.17) is 10.5 Å². The van der Waals surface area contributed by atoms with Crippen LogP contribution in [-0.2, 0) is 9.59 Å². The van der Waals surface area contributed by atoms with Crippen molar-refractivity contribution in [3.63, 3.8) is 0 Å². The van der Waals surface area contributed by atoms with Crippen molar-refractivity contribution in [1.29, 1.82) is 0 Å². The Morgan fingerprint density at radius 2 is 1.77 bits per heavy atom. The molecule has 1 atom stereocenters. The van der Waals surface area contributed by atoms with Gasteiger partial charge in [0.05, 0.1) is 13.0 Å². The first-order valence-electron chi connectivity index (χ1n) is 9.52. The summed E-state index contributed by atoms with van der Waals surface area (Å²) in [5.41, 5.74) is 8.36. The molecule has 1 aliphatic rings. The van der Waals surface area contributed by atoms with Crippen molar-refractivity contribution in [3.05, 3.63) is 54.1 Å². The van der Waals surface area contributed by atoms with E-state index in [1.54, 1.807) is 24.3 Å². The van der Waals surface area contributed by atoms with Gasteiger partial charge in [0.15, 0.2) is 0 Å². The number of nitrogens with one attached hydrogen (secondary N) is 3. The molecule has 1 aliphatic heterocycles. The van der Waals surface area contributed by atoms with Gasteiger partial charge in [0, 0.05) is 11.4 Å². The summed E-state index contributed by atoms with van der Waals surface area (Å²) in [4.78, 5) is 32.6. The fraction of sp³-hybridized carbons (Fsp3) is 0.238. The highest BCUT2D eigenvalue weighted by Crippen LogP contribution is 2.16. The molecule has 156 valence electrons. The van der Waals surface area contributed by atoms with Gasteiger partial charge in [-0.05, 0) is 50.2 Å². The predicted molar refractivity (Wildman–Crippen MR) is 117 cm³/mol. The van der Waals surface area contributed by atoms with E-state index in [-0.39, 0.29) is 24.2 Å². The van der Waals surface area contributed by atoms with Crippen molar-refractivity contribution >= 4 is 35.1 Å². The minimum absolute atomic E-state index is 0.0657. The Kier molecular flexibility index (Phi) is 6.63. The molecule has 0 bridgehead atoms. The molecule has 2 amide bonds. The van der Waals surface area contributed by atoms with Crippen LogP contribution in [0.3, 0.4) is 0 Å². The smallest absolute Gasteiger partial charge is 0.252 e. The topological polar surface area (TPSA) is 130 Å². The normalized spacial score (nSPS) is 15.9. The van der Waals surface area contributed by atoms with Gasteiger partial charge < -0.3 is 21.1 Å². The van der Waals surface area contributed by atoms with Crippen molar-refractivity contribution in [2.45, 2.75) is 26.3 Å². The Bertz CT molecular complexity index is 967. The van der Waals surface area contributed by atoms with Gasteiger partial charge in [0.25, 0.3) is 5.91 Å². The maximum atomic E-state index is 12.3. The van der Waals surface area contributed by atoms with Gasteiger partial charge in [-0.2, -0.15) is 4.99 Å². The second kappa shape index (κ2) is 9.55. The summed E-state index contributed by atoms with van der Waals surface area (Å²) in [7, 11) is 0. The first-order valence-corrected chi connectivity index (χ1v) is 9.52. The number of aliphatic imine (C=N–C) groups is 2. The fourth-order valence-electron chi connectivity index (χ4n) is 2.74. The lowest BCUT2D eigenvalue weighted by molar-refractivity contribution is -0.123. The number of carbonyl (C=O) groups excluding carboxylic acids is 2. The maximum Gasteiger partial charge on any atom is 0.252 e. The molecule has 0 fully saturated rings. The van der Waals surface area contributed by atoms with Gasteiger partial charge in [-0.25, -0.2) is 4.99 Å². The Hall–Kier alpha value is -3.88. The van der Waals surface area contributed by atoms with Crippen LogP contribution in [0.2, 0.25) is 0 Å². The van der Waals surface area contributed by atoms with Crippen LogP contribution in [0.4, 0.5) is 11.4 Å². The summed E-state index contributed by atoms with van der Waals surface area (Å²) in [6, 6.07) is 13.7. The second-order valence-corrected chi connectivity index (χ2v) is 6.66. The number of nitrogens with two attached hydrogens (primary N) is 1. The van der Waals surface area contributed by atoms with Crippen LogP contribution in [-0.4, -0.2) is 36.4 Å². The van der Waals surface area contributed by atoms with Gasteiger partial charge in [0.1, 0.15) is 11.8 Å². The molecule has 30 heavy (non-hydrogen) atoms. The molecule has 0 saturated heterocycles. The molecule has 3 rings (SSSR count). The molecule has 9 nitrogen and oxygen atoms in total. The molecule has 0 aromatic heterocycles. The summed E-state index contributed by atoms with van der Waals surface area (Å²) in [6.45, 7) is 4.44. The highest BCUT2D eigenvalue weighted by molar-refractivity contribution is 6.11. The number of ether oxygens (including phenoxy) is 1. The number of hydrogen-bond acceptors (Lipinski definition) is 5. The lowest BCUT2D eigenvalue weighted by atomic mass is 10.2. The van der Waals surface area contributed by atoms with E-state index in [1.807, 2.05) is 38.1 Å². The van der Waals surface area contributed by atoms with Crippen molar-refractivity contribution in [2.75, 3.05) is 17.2 Å². The molecule has 0 aliphatic carbocycles. The predicted octanol–water partition coefficient (Wildman–Crippen LogP) is 2.00. The van der Waals surface area contributed by atoms with Crippen LogP contribution >= 0.6 is 0 Å². The Balaban J connectivity index is 1.56. The molecular formula is C21H24N6O3. The molecule has 5 N–H and O–H groups in total. The molecule has 1 heterocycles. The molecule has 0 unspecified atom stereocenters. The standard InChI is InChI=1S/C21H24N6O3/c1-3-30-16-10-8-14(9-11-16)23-18(28)12-17-19(29)26-21(25-17)27-20(22)24-15-6-4-13(2)5-7-15/h4-11,17H,3,12H2,1-2H3,(H,23,28)(H4,22,24,25,26,27,29)/t17-/m1/s1. The number of rotatable bonds is 6. The summed E-state index contributed by atoms with van der Waals surface area (Å²) >= 11 is 0. The Morgan fingerprint density at radius 1 is 1.13 bits per heavy atom. The highest BCUT2D eigenvalue weighted by Gasteiger charge is 2.28. The van der Waals surface area contributed by atoms with Crippen LogP contribution in [0, 0.1) is 6.92 Å². The van der Waals surface area contributed by atoms with E-state index < -0.39 is 11.9 Å². The fourth-order valence-corrected chi connectivity index (χ4v) is 2.74. The summed E-state index contributed by atoms with van der Waals surface area (Å²) < 4.78 is 5.36. The first-order chi connectivity index (χ1) is 14.4. The average Bonchev–Trinajstić information content (AvgIpc) is 3.04. The zero-order valence-corrected chi connectivity index (χ0v) is 16.8. The van der Waals surface area contributed by atoms with E-state index in [0.29, 0.717) is 12.3 Å². The van der Waals surface area contributed by atoms with E-state index in [1.165, 1.54) is 0 Å². The van der Waals surface area contributed by atoms with Gasteiger partial charge in [-0.3, -0.25) is 14.9 Å². The van der Waals surface area contributed by atoms with Crippen molar-refractivity contribution in [3.8, 4) is 5.75 Å². The number of aryl methyl sites for hydroxylation is 1. The van der Waals surface area contributed by atoms with Crippen LogP contribution in [0.25, 0.3) is 0 Å². The van der Waals surface area contributed by atoms with Crippen molar-refractivity contribution in [1.82, 2.24) is 5.32 Å². The number of nitrogens with zero attached hydrogens (tertiary/aromatic N) is 2. The molecule has 0 spiro atoms. The van der Waals surface area contributed by atoms with Crippen LogP contribution in [0.1, 0.15) is 18.9 Å². The van der Waals surface area contributed by atoms with Crippen LogP contribution < -0.4 is 26.4 Å². The third-order valence-corrected chi connectivity index (χ3v) is 4.19. The first kappa shape index (κ1) is 20.8. The number of guanidine groups is 2. The number of hydrogen-bond donors (Lipinski definition) is 4. The number of benzene rings is 2. The maximum absolute atomic E-state index is 12.3. The molecule has 0 saturated carbocycles. The molecule has 9 heteroatoms. The van der Waals surface area contributed by atoms with E-state index >= 15 is 0 Å². The lowest BCUT2D eigenvalue weighted by Crippen LogP contribution is -2.32. The van der Waals surface area contributed by atoms with Gasteiger partial charge >= 0.3 is 0 Å². The highest BCUT2D eigenvalue weighted by atomic mass is 16.5. The zero-order valence-electron chi connectivity index (χ0n) is 16.8. The number of anilines is 2. The van der Waals surface area contributed by atoms with E-state index in [0.717, 1.165) is 17.0 Å². The number of carbonyl (C=O) groups is 2. The van der Waals surface area contributed by atoms with Crippen molar-refractivity contribution < 1.29 is 14.3 Å². The SMILES string of the molecule is CCOc1ccc(NC(=O)C[C@H]2N=C(N=C(N)Nc3ccc(C)cc3)NC2=O)cc1. The quantitative estimate of drug-likeness (QED) is 0.429.